The molecule has 0 heterocycles. The van der Waals surface area contributed by atoms with Gasteiger partial charge in [0.05, 0.1) is 0 Å². The molecule has 0 atom stereocenters. The van der Waals surface area contributed by atoms with Gasteiger partial charge in [-0.1, -0.05) is 0 Å². The van der Waals surface area contributed by atoms with Gasteiger partial charge in [0, 0.05) is 0 Å². The predicted octanol–water partition coefficient (Wildman–Crippen LogP) is 8.30. The monoisotopic (exact) mass is 556 g/mol. The summed E-state index contributed by atoms with van der Waals surface area (Å²) in [7, 11) is 0. The topological polar surface area (TPSA) is 18.5 Å². The average molecular weight is 558 g/mol. The van der Waals surface area contributed by atoms with Crippen molar-refractivity contribution in [2.75, 3.05) is 0 Å². The maximum absolute atomic E-state index is 13.8. The summed E-state index contributed by atoms with van der Waals surface area (Å²) in [6.07, 6.45) is 12.5. The first-order valence-corrected chi connectivity index (χ1v) is 22.3. The van der Waals surface area contributed by atoms with Gasteiger partial charge >= 0.3 is 204 Å². The second-order valence-electron chi connectivity index (χ2n) is 10.3. The van der Waals surface area contributed by atoms with E-state index in [1.165, 1.54) is 36.4 Å². The molecule has 0 saturated heterocycles. The number of benzene rings is 2. The number of rotatable bonds is 6. The van der Waals surface area contributed by atoms with Crippen LogP contribution in [0.3, 0.4) is 0 Å². The molecule has 0 N–H and O–H groups in total. The normalized spacial score (nSPS) is 16.2. The molecule has 0 aliphatic heterocycles. The van der Waals surface area contributed by atoms with Crippen molar-refractivity contribution >= 4 is 5.43 Å². The van der Waals surface area contributed by atoms with Crippen LogP contribution in [0.2, 0.25) is 13.1 Å². The van der Waals surface area contributed by atoms with E-state index < -0.39 is 23.7 Å². The summed E-state index contributed by atoms with van der Waals surface area (Å²) in [5, 5.41) is 0. The van der Waals surface area contributed by atoms with Gasteiger partial charge in [-0.15, -0.1) is 0 Å². The van der Waals surface area contributed by atoms with Crippen molar-refractivity contribution in [1.29, 1.82) is 0 Å². The molecule has 0 amide bonds. The van der Waals surface area contributed by atoms with Gasteiger partial charge in [-0.25, -0.2) is 0 Å². The molecule has 178 valence electrons. The zero-order valence-electron chi connectivity index (χ0n) is 20.5. The summed E-state index contributed by atoms with van der Waals surface area (Å²) in [5.74, 6) is 0.605. The van der Waals surface area contributed by atoms with Crippen molar-refractivity contribution in [2.24, 2.45) is 5.41 Å². The molecule has 2 aliphatic carbocycles. The van der Waals surface area contributed by atoms with Gasteiger partial charge in [0.25, 0.3) is 0 Å². The van der Waals surface area contributed by atoms with E-state index in [-0.39, 0.29) is 17.0 Å². The zero-order chi connectivity index (χ0) is 24.6. The molecular formula is C28H32F2O2SiZr. The summed E-state index contributed by atoms with van der Waals surface area (Å²) >= 11 is -5.02. The number of hydrogen-bond acceptors (Lipinski definition) is 2. The summed E-state index contributed by atoms with van der Waals surface area (Å²) in [6.45, 7) is 11.2. The summed E-state index contributed by atoms with van der Waals surface area (Å²) < 4.78 is 44.5. The van der Waals surface area contributed by atoms with E-state index in [0.717, 1.165) is 12.8 Å². The Morgan fingerprint density at radius 2 is 1.32 bits per heavy atom. The van der Waals surface area contributed by atoms with Crippen LogP contribution in [0.1, 0.15) is 33.6 Å². The maximum atomic E-state index is 13.8. The molecule has 2 nitrogen and oxygen atoms in total. The van der Waals surface area contributed by atoms with E-state index in [9.17, 15) is 8.78 Å². The molecule has 0 fully saturated rings. The van der Waals surface area contributed by atoms with Crippen LogP contribution in [-0.4, -0.2) is 5.43 Å². The number of allylic oxidation sites excluding steroid dienone is 8. The third kappa shape index (κ3) is 4.35. The van der Waals surface area contributed by atoms with Gasteiger partial charge in [-0.2, -0.15) is 0 Å². The molecule has 0 radical (unpaired) electrons. The summed E-state index contributed by atoms with van der Waals surface area (Å²) in [4.78, 5) is 0. The average Bonchev–Trinajstić information content (AvgIpc) is 3.49. The van der Waals surface area contributed by atoms with Gasteiger partial charge in [-0.05, 0) is 0 Å². The number of halogens is 2. The first kappa shape index (κ1) is 25.1. The molecule has 0 spiro atoms. The molecule has 0 bridgehead atoms. The van der Waals surface area contributed by atoms with Crippen molar-refractivity contribution in [2.45, 2.75) is 46.7 Å². The van der Waals surface area contributed by atoms with Crippen LogP contribution in [0.15, 0.2) is 91.0 Å². The second kappa shape index (κ2) is 9.20. The van der Waals surface area contributed by atoms with Crippen molar-refractivity contribution in [1.82, 2.24) is 0 Å². The van der Waals surface area contributed by atoms with Crippen LogP contribution >= 0.6 is 0 Å². The molecule has 0 unspecified atom stereocenters. The number of hydrogen-bond donors (Lipinski definition) is 0. The minimum atomic E-state index is -5.02. The zero-order valence-corrected chi connectivity index (χ0v) is 24.0. The molecule has 6 heteroatoms. The fraction of sp³-hybridized carbons (Fsp3) is 0.286. The van der Waals surface area contributed by atoms with E-state index in [1.54, 1.807) is 24.3 Å². The van der Waals surface area contributed by atoms with E-state index in [2.05, 4.69) is 64.2 Å². The molecule has 34 heavy (non-hydrogen) atoms. The summed E-state index contributed by atoms with van der Waals surface area (Å²) in [5.41, 5.74) is -0.0169. The van der Waals surface area contributed by atoms with Gasteiger partial charge < -0.3 is 0 Å². The van der Waals surface area contributed by atoms with Gasteiger partial charge in [0.2, 0.25) is 0 Å². The molecule has 2 aliphatic rings. The fourth-order valence-electron chi connectivity index (χ4n) is 4.94. The van der Waals surface area contributed by atoms with Crippen LogP contribution in [0.5, 0.6) is 11.5 Å². The van der Waals surface area contributed by atoms with E-state index in [4.69, 9.17) is 5.63 Å². The SMILES string of the molecule is C[Si](C)=[Zr]([O]c1ccc(F)cc1)([O]c1ccc(F)cc1)([C]1=CC=CC1)[C]1=CC(C(C)(C)C)=CC1. The molecule has 0 aromatic heterocycles. The molecule has 4 rings (SSSR count). The third-order valence-electron chi connectivity index (χ3n) is 6.84. The predicted molar refractivity (Wildman–Crippen MR) is 134 cm³/mol. The third-order valence-corrected chi connectivity index (χ3v) is 37.6. The van der Waals surface area contributed by atoms with Crippen LogP contribution in [0, 0.1) is 17.0 Å². The Hall–Kier alpha value is -2.04. The van der Waals surface area contributed by atoms with Crippen LogP contribution in [-0.2, 0) is 18.3 Å². The first-order chi connectivity index (χ1) is 16.0. The molecule has 2 aromatic rings. The van der Waals surface area contributed by atoms with Crippen molar-refractivity contribution in [3.05, 3.63) is 103 Å². The Kier molecular flexibility index (Phi) is 6.78. The van der Waals surface area contributed by atoms with Crippen LogP contribution in [0.4, 0.5) is 8.78 Å². The first-order valence-electron chi connectivity index (χ1n) is 11.7. The van der Waals surface area contributed by atoms with Gasteiger partial charge in [-0.3, -0.25) is 0 Å². The fourth-order valence-corrected chi connectivity index (χ4v) is 32.3. The molecule has 2 aromatic carbocycles. The van der Waals surface area contributed by atoms with Crippen LogP contribution < -0.4 is 5.63 Å². The van der Waals surface area contributed by atoms with Crippen molar-refractivity contribution in [3.63, 3.8) is 0 Å². The van der Waals surface area contributed by atoms with Crippen molar-refractivity contribution < 1.29 is 32.7 Å². The Balaban J connectivity index is 2.04. The Morgan fingerprint density at radius 3 is 1.71 bits per heavy atom. The Bertz CT molecular complexity index is 1240. The van der Waals surface area contributed by atoms with E-state index in [0.29, 0.717) is 11.5 Å². The minimum absolute atomic E-state index is 0.0110. The molecular weight excluding hydrogens is 526 g/mol. The molecule has 0 saturated carbocycles. The Labute approximate surface area is 203 Å². The van der Waals surface area contributed by atoms with E-state index in [1.807, 2.05) is 0 Å². The van der Waals surface area contributed by atoms with E-state index >= 15 is 0 Å². The standard InChI is InChI=1S/C9H13.2C6H5FO.C5H5.C2H6Si.Zr/c1-9(2,3)8-6-4-5-7-8;2*7-5-1-3-6(8)4-2-5;1-2-4-5-3-1;1-3-2;/h6-7H,4H2,1-3H3;2*1-4,8H;1-3H,4H2;1-2H3;/q;;;;;+2/p-2. The van der Waals surface area contributed by atoms with Crippen LogP contribution in [0.25, 0.3) is 0 Å². The summed E-state index contributed by atoms with van der Waals surface area (Å²) in [6, 6.07) is 12.5. The van der Waals surface area contributed by atoms with Crippen molar-refractivity contribution in [3.8, 4) is 11.5 Å². The quantitative estimate of drug-likeness (QED) is 0.333. The second-order valence-corrected chi connectivity index (χ2v) is 34.5. The Morgan fingerprint density at radius 1 is 0.794 bits per heavy atom. The van der Waals surface area contributed by atoms with Gasteiger partial charge in [0.15, 0.2) is 0 Å². The van der Waals surface area contributed by atoms with Gasteiger partial charge in [0.1, 0.15) is 0 Å².